The average molecular weight is 292 g/mol. The van der Waals surface area contributed by atoms with E-state index in [1.165, 1.54) is 25.7 Å². The lowest BCUT2D eigenvalue weighted by atomic mass is 9.88. The van der Waals surface area contributed by atoms with Crippen molar-refractivity contribution < 1.29 is 4.79 Å². The molecule has 0 spiro atoms. The van der Waals surface area contributed by atoms with Gasteiger partial charge in [-0.15, -0.1) is 0 Å². The number of fused-ring (bicyclic) bond motifs is 2. The quantitative estimate of drug-likeness (QED) is 0.843. The van der Waals surface area contributed by atoms with Crippen LogP contribution in [0.15, 0.2) is 0 Å². The summed E-state index contributed by atoms with van der Waals surface area (Å²) in [6.07, 6.45) is 7.00. The maximum atomic E-state index is 12.8. The number of carbonyl (C=O) groups is 1. The molecule has 1 N–H and O–H groups in total. The molecule has 0 aromatic carbocycles. The summed E-state index contributed by atoms with van der Waals surface area (Å²) in [5, 5.41) is 3.62. The molecule has 0 aromatic heterocycles. The van der Waals surface area contributed by atoms with Crippen LogP contribution in [-0.4, -0.2) is 29.6 Å². The van der Waals surface area contributed by atoms with Gasteiger partial charge in [0.05, 0.1) is 12.2 Å². The fourth-order valence-corrected chi connectivity index (χ4v) is 4.89. The van der Waals surface area contributed by atoms with Crippen molar-refractivity contribution in [3.63, 3.8) is 0 Å². The standard InChI is InChI=1S/C18H32N2O/c1-11(2)7-16-19-17(12(3)4)18(21)20(16)10-15-9-13-5-6-14(15)8-13/h11-17,19H,5-10H2,1-4H3. The van der Waals surface area contributed by atoms with Gasteiger partial charge in [0.25, 0.3) is 0 Å². The fourth-order valence-electron chi connectivity index (χ4n) is 4.89. The fraction of sp³-hybridized carbons (Fsp3) is 0.944. The third kappa shape index (κ3) is 2.99. The molecule has 2 saturated carbocycles. The second kappa shape index (κ2) is 5.91. The Morgan fingerprint density at radius 3 is 2.48 bits per heavy atom. The first kappa shape index (κ1) is 15.3. The first-order valence-electron chi connectivity index (χ1n) is 9.02. The average Bonchev–Trinajstić information content (AvgIpc) is 3.07. The minimum atomic E-state index is 0.0346. The molecule has 1 amide bonds. The summed E-state index contributed by atoms with van der Waals surface area (Å²) in [5.41, 5.74) is 0. The summed E-state index contributed by atoms with van der Waals surface area (Å²) < 4.78 is 0. The van der Waals surface area contributed by atoms with E-state index in [1.54, 1.807) is 0 Å². The van der Waals surface area contributed by atoms with Gasteiger partial charge in [-0.05, 0) is 55.3 Å². The van der Waals surface area contributed by atoms with Gasteiger partial charge in [0.1, 0.15) is 0 Å². The Morgan fingerprint density at radius 1 is 1.19 bits per heavy atom. The van der Waals surface area contributed by atoms with E-state index in [0.717, 1.165) is 30.7 Å². The van der Waals surface area contributed by atoms with Gasteiger partial charge < -0.3 is 4.90 Å². The number of amides is 1. The number of carbonyl (C=O) groups excluding carboxylic acids is 1. The smallest absolute Gasteiger partial charge is 0.241 e. The van der Waals surface area contributed by atoms with E-state index in [9.17, 15) is 4.79 Å². The Hall–Kier alpha value is -0.570. The van der Waals surface area contributed by atoms with E-state index in [2.05, 4.69) is 37.9 Å². The zero-order chi connectivity index (χ0) is 15.1. The van der Waals surface area contributed by atoms with Crippen LogP contribution in [0.5, 0.6) is 0 Å². The van der Waals surface area contributed by atoms with Gasteiger partial charge in [0.15, 0.2) is 0 Å². The first-order valence-corrected chi connectivity index (χ1v) is 9.02. The Kier molecular flexibility index (Phi) is 4.31. The van der Waals surface area contributed by atoms with E-state index in [4.69, 9.17) is 0 Å². The number of hydrogen-bond acceptors (Lipinski definition) is 2. The number of nitrogens with one attached hydrogen (secondary N) is 1. The summed E-state index contributed by atoms with van der Waals surface area (Å²) in [6, 6.07) is 0.0346. The molecule has 120 valence electrons. The topological polar surface area (TPSA) is 32.3 Å². The highest BCUT2D eigenvalue weighted by molar-refractivity contribution is 5.84. The Morgan fingerprint density at radius 2 is 1.95 bits per heavy atom. The van der Waals surface area contributed by atoms with Crippen LogP contribution in [0, 0.1) is 29.6 Å². The molecule has 5 atom stereocenters. The van der Waals surface area contributed by atoms with Crippen LogP contribution in [0.1, 0.15) is 59.8 Å². The lowest BCUT2D eigenvalue weighted by Gasteiger charge is -2.31. The van der Waals surface area contributed by atoms with Crippen molar-refractivity contribution in [2.75, 3.05) is 6.54 Å². The van der Waals surface area contributed by atoms with Crippen LogP contribution in [0.25, 0.3) is 0 Å². The number of hydrogen-bond donors (Lipinski definition) is 1. The van der Waals surface area contributed by atoms with Gasteiger partial charge in [0.2, 0.25) is 5.91 Å². The lowest BCUT2D eigenvalue weighted by Crippen LogP contribution is -2.42. The maximum Gasteiger partial charge on any atom is 0.241 e. The monoisotopic (exact) mass is 292 g/mol. The Labute approximate surface area is 129 Å². The summed E-state index contributed by atoms with van der Waals surface area (Å²) in [5.74, 6) is 4.02. The molecule has 0 radical (unpaired) electrons. The van der Waals surface area contributed by atoms with E-state index in [-0.39, 0.29) is 12.2 Å². The highest BCUT2D eigenvalue weighted by Gasteiger charge is 2.45. The van der Waals surface area contributed by atoms with Gasteiger partial charge in [-0.1, -0.05) is 34.1 Å². The van der Waals surface area contributed by atoms with Gasteiger partial charge in [-0.25, -0.2) is 0 Å². The number of nitrogens with zero attached hydrogens (tertiary/aromatic N) is 1. The van der Waals surface area contributed by atoms with Crippen LogP contribution in [-0.2, 0) is 4.79 Å². The predicted molar refractivity (Wildman–Crippen MR) is 85.7 cm³/mol. The largest absolute Gasteiger partial charge is 0.325 e. The van der Waals surface area contributed by atoms with Gasteiger partial charge in [-0.3, -0.25) is 10.1 Å². The highest BCUT2D eigenvalue weighted by atomic mass is 16.2. The Bertz CT molecular complexity index is 393. The number of rotatable bonds is 5. The molecule has 21 heavy (non-hydrogen) atoms. The molecule has 3 rings (SSSR count). The van der Waals surface area contributed by atoms with E-state index in [1.807, 2.05) is 0 Å². The molecule has 5 unspecified atom stereocenters. The zero-order valence-electron chi connectivity index (χ0n) is 14.1. The van der Waals surface area contributed by atoms with Crippen molar-refractivity contribution in [3.8, 4) is 0 Å². The van der Waals surface area contributed by atoms with Crippen molar-refractivity contribution in [2.24, 2.45) is 29.6 Å². The molecule has 1 heterocycles. The molecule has 3 heteroatoms. The second-order valence-electron chi connectivity index (χ2n) is 8.46. The molecular weight excluding hydrogens is 260 g/mol. The van der Waals surface area contributed by atoms with Crippen molar-refractivity contribution in [1.29, 1.82) is 0 Å². The minimum Gasteiger partial charge on any atom is -0.325 e. The summed E-state index contributed by atoms with van der Waals surface area (Å²) >= 11 is 0. The molecule has 2 bridgehead atoms. The molecule has 1 aliphatic heterocycles. The van der Waals surface area contributed by atoms with Crippen LogP contribution < -0.4 is 5.32 Å². The molecule has 3 aliphatic rings. The molecular formula is C18H32N2O. The van der Waals surface area contributed by atoms with E-state index >= 15 is 0 Å². The van der Waals surface area contributed by atoms with E-state index < -0.39 is 0 Å². The molecule has 0 aromatic rings. The van der Waals surface area contributed by atoms with Crippen molar-refractivity contribution in [1.82, 2.24) is 10.2 Å². The van der Waals surface area contributed by atoms with Gasteiger partial charge in [0, 0.05) is 6.54 Å². The van der Waals surface area contributed by atoms with E-state index in [0.29, 0.717) is 17.7 Å². The zero-order valence-corrected chi connectivity index (χ0v) is 14.1. The predicted octanol–water partition coefficient (Wildman–Crippen LogP) is 3.25. The van der Waals surface area contributed by atoms with Gasteiger partial charge >= 0.3 is 0 Å². The van der Waals surface area contributed by atoms with Crippen molar-refractivity contribution in [3.05, 3.63) is 0 Å². The van der Waals surface area contributed by atoms with Crippen molar-refractivity contribution >= 4 is 5.91 Å². The third-order valence-electron chi connectivity index (χ3n) is 5.97. The second-order valence-corrected chi connectivity index (χ2v) is 8.46. The lowest BCUT2D eigenvalue weighted by molar-refractivity contribution is -0.131. The van der Waals surface area contributed by atoms with Crippen molar-refractivity contribution in [2.45, 2.75) is 72.0 Å². The molecule has 3 nitrogen and oxygen atoms in total. The normalized spacial score (nSPS) is 39.2. The summed E-state index contributed by atoms with van der Waals surface area (Å²) in [6.45, 7) is 9.83. The van der Waals surface area contributed by atoms with Crippen LogP contribution in [0.4, 0.5) is 0 Å². The molecule has 2 aliphatic carbocycles. The minimum absolute atomic E-state index is 0.0346. The van der Waals surface area contributed by atoms with Crippen LogP contribution in [0.2, 0.25) is 0 Å². The van der Waals surface area contributed by atoms with Crippen LogP contribution in [0.3, 0.4) is 0 Å². The Balaban J connectivity index is 1.68. The maximum absolute atomic E-state index is 12.8. The van der Waals surface area contributed by atoms with Gasteiger partial charge in [-0.2, -0.15) is 0 Å². The third-order valence-corrected chi connectivity index (χ3v) is 5.97. The molecule has 3 fully saturated rings. The first-order chi connectivity index (χ1) is 9.95. The van der Waals surface area contributed by atoms with Crippen LogP contribution >= 0.6 is 0 Å². The summed E-state index contributed by atoms with van der Waals surface area (Å²) in [7, 11) is 0. The molecule has 1 saturated heterocycles. The summed E-state index contributed by atoms with van der Waals surface area (Å²) in [4.78, 5) is 15.0. The highest BCUT2D eigenvalue weighted by Crippen LogP contribution is 2.48. The SMILES string of the molecule is CC(C)CC1NC(C(C)C)C(=O)N1CC1CC2CCC1C2.